The van der Waals surface area contributed by atoms with Crippen molar-refractivity contribution >= 4 is 27.5 Å². The van der Waals surface area contributed by atoms with Crippen LogP contribution in [-0.2, 0) is 14.8 Å². The van der Waals surface area contributed by atoms with E-state index in [2.05, 4.69) is 17.6 Å². The number of nitrogens with zero attached hydrogens (tertiary/aromatic N) is 1. The molecule has 1 unspecified atom stereocenters. The summed E-state index contributed by atoms with van der Waals surface area (Å²) in [5.41, 5.74) is 0.844. The van der Waals surface area contributed by atoms with E-state index in [-0.39, 0.29) is 29.7 Å². The van der Waals surface area contributed by atoms with Gasteiger partial charge in [0.25, 0.3) is 5.91 Å². The maximum atomic E-state index is 12.9. The molecule has 1 atom stereocenters. The highest BCUT2D eigenvalue weighted by Crippen LogP contribution is 2.25. The Morgan fingerprint density at radius 1 is 1.06 bits per heavy atom. The third kappa shape index (κ3) is 6.48. The summed E-state index contributed by atoms with van der Waals surface area (Å²) in [5, 5.41) is 5.41. The predicted molar refractivity (Wildman–Crippen MR) is 129 cm³/mol. The van der Waals surface area contributed by atoms with Crippen molar-refractivity contribution in [1.82, 2.24) is 9.62 Å². The van der Waals surface area contributed by atoms with E-state index in [1.807, 2.05) is 0 Å². The standard InChI is InChI=1S/C24H31N3O6S/c1-17-5-4-12-27(16-17)34(30,31)22-8-6-19(7-9-22)26-23(28)10-11-25-24(29)18-13-20(32-2)15-21(14-18)33-3/h6-9,13-15,17H,4-5,10-12,16H2,1-3H3,(H,25,29)(H,26,28). The predicted octanol–water partition coefficient (Wildman–Crippen LogP) is 2.88. The third-order valence-corrected chi connectivity index (χ3v) is 7.53. The molecule has 1 aliphatic rings. The van der Waals surface area contributed by atoms with Crippen molar-refractivity contribution in [3.8, 4) is 11.5 Å². The lowest BCUT2D eigenvalue weighted by atomic mass is 10.0. The largest absolute Gasteiger partial charge is 0.497 e. The van der Waals surface area contributed by atoms with Crippen LogP contribution in [0.5, 0.6) is 11.5 Å². The lowest BCUT2D eigenvalue weighted by Crippen LogP contribution is -2.39. The van der Waals surface area contributed by atoms with Crippen molar-refractivity contribution in [2.24, 2.45) is 5.92 Å². The van der Waals surface area contributed by atoms with Crippen LogP contribution in [-0.4, -0.2) is 58.4 Å². The topological polar surface area (TPSA) is 114 Å². The fourth-order valence-electron chi connectivity index (χ4n) is 3.78. The molecule has 34 heavy (non-hydrogen) atoms. The number of methoxy groups -OCH3 is 2. The first kappa shape index (κ1) is 25.5. The van der Waals surface area contributed by atoms with Gasteiger partial charge in [0.1, 0.15) is 11.5 Å². The molecule has 184 valence electrons. The number of nitrogens with one attached hydrogen (secondary N) is 2. The Labute approximate surface area is 200 Å². The summed E-state index contributed by atoms with van der Waals surface area (Å²) < 4.78 is 37.5. The number of carbonyl (C=O) groups excluding carboxylic acids is 2. The summed E-state index contributed by atoms with van der Waals surface area (Å²) in [6, 6.07) is 11.0. The van der Waals surface area contributed by atoms with Gasteiger partial charge in [-0.25, -0.2) is 8.42 Å². The zero-order valence-corrected chi connectivity index (χ0v) is 20.5. The molecule has 1 heterocycles. The minimum atomic E-state index is -3.55. The van der Waals surface area contributed by atoms with E-state index < -0.39 is 10.0 Å². The average Bonchev–Trinajstić information content (AvgIpc) is 2.83. The van der Waals surface area contributed by atoms with Crippen LogP contribution in [0.3, 0.4) is 0 Å². The highest BCUT2D eigenvalue weighted by atomic mass is 32.2. The monoisotopic (exact) mass is 489 g/mol. The molecule has 2 aromatic rings. The molecule has 3 rings (SSSR count). The number of carbonyl (C=O) groups is 2. The van der Waals surface area contributed by atoms with Gasteiger partial charge in [0.2, 0.25) is 15.9 Å². The van der Waals surface area contributed by atoms with E-state index in [0.717, 1.165) is 12.8 Å². The Kier molecular flexibility index (Phi) is 8.51. The van der Waals surface area contributed by atoms with Gasteiger partial charge in [-0.3, -0.25) is 9.59 Å². The Hall–Kier alpha value is -3.11. The lowest BCUT2D eigenvalue weighted by molar-refractivity contribution is -0.116. The summed E-state index contributed by atoms with van der Waals surface area (Å²) in [5.74, 6) is 0.661. The number of anilines is 1. The minimum absolute atomic E-state index is 0.0541. The van der Waals surface area contributed by atoms with E-state index in [1.165, 1.54) is 30.7 Å². The van der Waals surface area contributed by atoms with E-state index in [1.54, 1.807) is 30.3 Å². The normalized spacial score (nSPS) is 16.5. The Bertz CT molecular complexity index is 1100. The van der Waals surface area contributed by atoms with Crippen LogP contribution < -0.4 is 20.1 Å². The number of benzene rings is 2. The quantitative estimate of drug-likeness (QED) is 0.560. The molecule has 0 aromatic heterocycles. The van der Waals surface area contributed by atoms with Crippen molar-refractivity contribution in [2.45, 2.75) is 31.1 Å². The fraction of sp³-hybridized carbons (Fsp3) is 0.417. The van der Waals surface area contributed by atoms with Crippen molar-refractivity contribution in [2.75, 3.05) is 39.2 Å². The Morgan fingerprint density at radius 2 is 1.71 bits per heavy atom. The van der Waals surface area contributed by atoms with Gasteiger partial charge in [0, 0.05) is 43.4 Å². The van der Waals surface area contributed by atoms with Crippen LogP contribution in [0.4, 0.5) is 5.69 Å². The molecule has 9 nitrogen and oxygen atoms in total. The molecule has 0 aliphatic carbocycles. The van der Waals surface area contributed by atoms with Gasteiger partial charge in [-0.2, -0.15) is 4.31 Å². The highest BCUT2D eigenvalue weighted by Gasteiger charge is 2.28. The Balaban J connectivity index is 1.51. The second kappa shape index (κ2) is 11.3. The molecule has 0 bridgehead atoms. The zero-order chi connectivity index (χ0) is 24.7. The number of ether oxygens (including phenoxy) is 2. The van der Waals surface area contributed by atoms with E-state index in [0.29, 0.717) is 41.8 Å². The first-order chi connectivity index (χ1) is 16.2. The molecule has 1 aliphatic heterocycles. The van der Waals surface area contributed by atoms with Gasteiger partial charge < -0.3 is 20.1 Å². The van der Waals surface area contributed by atoms with Gasteiger partial charge in [-0.15, -0.1) is 0 Å². The molecular formula is C24H31N3O6S. The van der Waals surface area contributed by atoms with Gasteiger partial charge in [-0.1, -0.05) is 6.92 Å². The first-order valence-corrected chi connectivity index (χ1v) is 12.6. The third-order valence-electron chi connectivity index (χ3n) is 5.65. The second-order valence-corrected chi connectivity index (χ2v) is 10.2. The minimum Gasteiger partial charge on any atom is -0.497 e. The summed E-state index contributed by atoms with van der Waals surface area (Å²) >= 11 is 0. The van der Waals surface area contributed by atoms with Crippen molar-refractivity contribution in [3.63, 3.8) is 0 Å². The van der Waals surface area contributed by atoms with E-state index in [4.69, 9.17) is 9.47 Å². The fourth-order valence-corrected chi connectivity index (χ4v) is 5.38. The van der Waals surface area contributed by atoms with Crippen molar-refractivity contribution in [3.05, 3.63) is 48.0 Å². The van der Waals surface area contributed by atoms with Crippen LogP contribution in [0.2, 0.25) is 0 Å². The molecule has 10 heteroatoms. The van der Waals surface area contributed by atoms with E-state index >= 15 is 0 Å². The summed E-state index contributed by atoms with van der Waals surface area (Å²) in [4.78, 5) is 24.9. The summed E-state index contributed by atoms with van der Waals surface area (Å²) in [7, 11) is -0.551. The number of amides is 2. The maximum absolute atomic E-state index is 12.9. The highest BCUT2D eigenvalue weighted by molar-refractivity contribution is 7.89. The van der Waals surface area contributed by atoms with Crippen molar-refractivity contribution in [1.29, 1.82) is 0 Å². The van der Waals surface area contributed by atoms with Gasteiger partial charge >= 0.3 is 0 Å². The zero-order valence-electron chi connectivity index (χ0n) is 19.7. The van der Waals surface area contributed by atoms with Gasteiger partial charge in [0.15, 0.2) is 0 Å². The molecule has 0 saturated carbocycles. The lowest BCUT2D eigenvalue weighted by Gasteiger charge is -2.30. The first-order valence-electron chi connectivity index (χ1n) is 11.1. The average molecular weight is 490 g/mol. The number of sulfonamides is 1. The van der Waals surface area contributed by atoms with Gasteiger partial charge in [-0.05, 0) is 55.2 Å². The smallest absolute Gasteiger partial charge is 0.251 e. The SMILES string of the molecule is COc1cc(OC)cc(C(=O)NCCC(=O)Nc2ccc(S(=O)(=O)N3CCCC(C)C3)cc2)c1. The van der Waals surface area contributed by atoms with E-state index in [9.17, 15) is 18.0 Å². The van der Waals surface area contributed by atoms with Gasteiger partial charge in [0.05, 0.1) is 19.1 Å². The molecule has 2 N–H and O–H groups in total. The molecule has 0 spiro atoms. The number of hydrogen-bond donors (Lipinski definition) is 2. The molecule has 1 saturated heterocycles. The van der Waals surface area contributed by atoms with Crippen LogP contribution in [0.1, 0.15) is 36.5 Å². The molecule has 1 fully saturated rings. The molecule has 2 amide bonds. The number of rotatable bonds is 9. The summed E-state index contributed by atoms with van der Waals surface area (Å²) in [6.07, 6.45) is 1.94. The second-order valence-electron chi connectivity index (χ2n) is 8.29. The van der Waals surface area contributed by atoms with Crippen LogP contribution in [0.25, 0.3) is 0 Å². The molecule has 0 radical (unpaired) electrons. The molecule has 2 aromatic carbocycles. The van der Waals surface area contributed by atoms with Crippen LogP contribution >= 0.6 is 0 Å². The maximum Gasteiger partial charge on any atom is 0.251 e. The molecular weight excluding hydrogens is 458 g/mol. The number of piperidine rings is 1. The number of hydrogen-bond acceptors (Lipinski definition) is 6. The van der Waals surface area contributed by atoms with Crippen molar-refractivity contribution < 1.29 is 27.5 Å². The van der Waals surface area contributed by atoms with Crippen LogP contribution in [0.15, 0.2) is 47.4 Å². The van der Waals surface area contributed by atoms with Crippen LogP contribution in [0, 0.1) is 5.92 Å². The summed E-state index contributed by atoms with van der Waals surface area (Å²) in [6.45, 7) is 3.23. The Morgan fingerprint density at radius 3 is 2.29 bits per heavy atom.